The van der Waals surface area contributed by atoms with Crippen LogP contribution in [0.25, 0.3) is 0 Å². The maximum Gasteiger partial charge on any atom is 0.354 e. The molecule has 0 radical (unpaired) electrons. The fourth-order valence-corrected chi connectivity index (χ4v) is 1.43. The number of nitrogens with zero attached hydrogens (tertiary/aromatic N) is 2. The minimum Gasteiger partial charge on any atom is -0.477 e. The van der Waals surface area contributed by atoms with E-state index in [1.54, 1.807) is 31.5 Å². The predicted octanol–water partition coefficient (Wildman–Crippen LogP) is 1.88. The number of hydrogen-bond donors (Lipinski definition) is 1. The van der Waals surface area contributed by atoms with E-state index in [4.69, 9.17) is 5.11 Å². The van der Waals surface area contributed by atoms with Crippen LogP contribution in [0, 0.1) is 18.8 Å². The lowest BCUT2D eigenvalue weighted by Gasteiger charge is -1.97. The van der Waals surface area contributed by atoms with Crippen molar-refractivity contribution in [2.45, 2.75) is 6.92 Å². The second-order valence-electron chi connectivity index (χ2n) is 3.68. The Bertz CT molecular complexity index is 640. The Balaban J connectivity index is 2.36. The van der Waals surface area contributed by atoms with Gasteiger partial charge in [-0.25, -0.2) is 9.78 Å². The van der Waals surface area contributed by atoms with E-state index in [0.29, 0.717) is 11.3 Å². The van der Waals surface area contributed by atoms with E-state index < -0.39 is 5.97 Å². The van der Waals surface area contributed by atoms with Gasteiger partial charge in [0, 0.05) is 29.2 Å². The van der Waals surface area contributed by atoms with Crippen LogP contribution in [0.1, 0.15) is 27.3 Å². The molecule has 4 heteroatoms. The summed E-state index contributed by atoms with van der Waals surface area (Å²) in [5.41, 5.74) is 2.04. The Hall–Kier alpha value is -2.67. The number of rotatable bonds is 1. The molecule has 2 aromatic heterocycles. The second kappa shape index (κ2) is 5.11. The molecule has 0 aromatic carbocycles. The monoisotopic (exact) mass is 238 g/mol. The molecule has 0 amide bonds. The standard InChI is InChI=1S/C14H10N2O2/c1-10-7-12(8-13(16-10)14(17)18)5-4-11-3-2-6-15-9-11/h2-3,6-9H,1H3,(H,17,18). The van der Waals surface area contributed by atoms with E-state index in [1.165, 1.54) is 6.07 Å². The van der Waals surface area contributed by atoms with Gasteiger partial charge in [0.25, 0.3) is 0 Å². The van der Waals surface area contributed by atoms with Gasteiger partial charge in [0.05, 0.1) is 0 Å². The smallest absolute Gasteiger partial charge is 0.354 e. The highest BCUT2D eigenvalue weighted by molar-refractivity contribution is 5.85. The molecule has 0 saturated carbocycles. The van der Waals surface area contributed by atoms with Crippen LogP contribution in [0.5, 0.6) is 0 Å². The van der Waals surface area contributed by atoms with Crippen molar-refractivity contribution in [3.8, 4) is 11.8 Å². The SMILES string of the molecule is Cc1cc(C#Cc2cccnc2)cc(C(=O)O)n1. The molecule has 2 heterocycles. The first-order valence-electron chi connectivity index (χ1n) is 5.29. The number of aromatic nitrogens is 2. The van der Waals surface area contributed by atoms with E-state index in [9.17, 15) is 4.79 Å². The van der Waals surface area contributed by atoms with E-state index in [0.717, 1.165) is 5.56 Å². The minimum atomic E-state index is -1.05. The fourth-order valence-electron chi connectivity index (χ4n) is 1.43. The van der Waals surface area contributed by atoms with Crippen LogP contribution in [-0.4, -0.2) is 21.0 Å². The van der Waals surface area contributed by atoms with Crippen molar-refractivity contribution in [3.05, 3.63) is 59.2 Å². The molecule has 0 atom stereocenters. The second-order valence-corrected chi connectivity index (χ2v) is 3.68. The van der Waals surface area contributed by atoms with E-state index in [2.05, 4.69) is 21.8 Å². The zero-order valence-electron chi connectivity index (χ0n) is 9.71. The average Bonchev–Trinajstić information content (AvgIpc) is 2.37. The molecule has 0 unspecified atom stereocenters. The van der Waals surface area contributed by atoms with E-state index >= 15 is 0 Å². The lowest BCUT2D eigenvalue weighted by Crippen LogP contribution is -2.02. The summed E-state index contributed by atoms with van der Waals surface area (Å²) in [5, 5.41) is 8.90. The van der Waals surface area contributed by atoms with Crippen molar-refractivity contribution < 1.29 is 9.90 Å². The van der Waals surface area contributed by atoms with Crippen LogP contribution in [-0.2, 0) is 0 Å². The highest BCUT2D eigenvalue weighted by atomic mass is 16.4. The zero-order valence-corrected chi connectivity index (χ0v) is 9.71. The van der Waals surface area contributed by atoms with Gasteiger partial charge in [-0.1, -0.05) is 11.8 Å². The first-order chi connectivity index (χ1) is 8.65. The Kier molecular flexibility index (Phi) is 3.35. The molecule has 0 aliphatic heterocycles. The molecular weight excluding hydrogens is 228 g/mol. The first kappa shape index (κ1) is 11.8. The molecule has 0 spiro atoms. The summed E-state index contributed by atoms with van der Waals surface area (Å²) in [6, 6.07) is 6.84. The Labute approximate surface area is 104 Å². The number of aryl methyl sites for hydroxylation is 1. The highest BCUT2D eigenvalue weighted by Gasteiger charge is 2.05. The van der Waals surface area contributed by atoms with Gasteiger partial charge in [-0.05, 0) is 31.2 Å². The first-order valence-corrected chi connectivity index (χ1v) is 5.29. The van der Waals surface area contributed by atoms with Crippen LogP contribution < -0.4 is 0 Å². The Morgan fingerprint density at radius 2 is 2.06 bits per heavy atom. The topological polar surface area (TPSA) is 63.1 Å². The molecule has 0 bridgehead atoms. The summed E-state index contributed by atoms with van der Waals surface area (Å²) in [4.78, 5) is 18.7. The normalized spacial score (nSPS) is 9.39. The molecule has 0 saturated heterocycles. The lowest BCUT2D eigenvalue weighted by molar-refractivity contribution is 0.0690. The molecule has 0 fully saturated rings. The summed E-state index contributed by atoms with van der Waals surface area (Å²) in [6.07, 6.45) is 3.32. The van der Waals surface area contributed by atoms with Gasteiger partial charge in [0.1, 0.15) is 5.69 Å². The average molecular weight is 238 g/mol. The Morgan fingerprint density at radius 1 is 1.28 bits per heavy atom. The third-order valence-electron chi connectivity index (χ3n) is 2.19. The highest BCUT2D eigenvalue weighted by Crippen LogP contribution is 2.05. The molecule has 88 valence electrons. The summed E-state index contributed by atoms with van der Waals surface area (Å²) in [7, 11) is 0. The van der Waals surface area contributed by atoms with Crippen LogP contribution >= 0.6 is 0 Å². The van der Waals surface area contributed by atoms with Crippen LogP contribution in [0.4, 0.5) is 0 Å². The van der Waals surface area contributed by atoms with Crippen molar-refractivity contribution >= 4 is 5.97 Å². The van der Waals surface area contributed by atoms with E-state index in [1.807, 2.05) is 6.07 Å². The Morgan fingerprint density at radius 3 is 2.72 bits per heavy atom. The van der Waals surface area contributed by atoms with Crippen molar-refractivity contribution in [1.29, 1.82) is 0 Å². The van der Waals surface area contributed by atoms with Gasteiger partial charge < -0.3 is 5.11 Å². The molecule has 0 aliphatic carbocycles. The molecule has 2 rings (SSSR count). The lowest BCUT2D eigenvalue weighted by atomic mass is 10.2. The fraction of sp³-hybridized carbons (Fsp3) is 0.0714. The maximum absolute atomic E-state index is 10.9. The number of aromatic carboxylic acids is 1. The van der Waals surface area contributed by atoms with Gasteiger partial charge in [0.15, 0.2) is 0 Å². The third-order valence-corrected chi connectivity index (χ3v) is 2.19. The molecule has 4 nitrogen and oxygen atoms in total. The van der Waals surface area contributed by atoms with Crippen LogP contribution in [0.2, 0.25) is 0 Å². The number of carboxylic acid groups (broad SMARTS) is 1. The summed E-state index contributed by atoms with van der Waals surface area (Å²) in [5.74, 6) is 4.77. The largest absolute Gasteiger partial charge is 0.477 e. The summed E-state index contributed by atoms with van der Waals surface area (Å²) >= 11 is 0. The molecular formula is C14H10N2O2. The molecule has 2 aromatic rings. The van der Waals surface area contributed by atoms with E-state index in [-0.39, 0.29) is 5.69 Å². The summed E-state index contributed by atoms with van der Waals surface area (Å²) in [6.45, 7) is 1.74. The van der Waals surface area contributed by atoms with Crippen LogP contribution in [0.15, 0.2) is 36.7 Å². The van der Waals surface area contributed by atoms with Gasteiger partial charge in [-0.15, -0.1) is 0 Å². The number of carboxylic acids is 1. The zero-order chi connectivity index (χ0) is 13.0. The minimum absolute atomic E-state index is 0.00508. The number of pyridine rings is 2. The predicted molar refractivity (Wildman–Crippen MR) is 66.2 cm³/mol. The quantitative estimate of drug-likeness (QED) is 0.770. The summed E-state index contributed by atoms with van der Waals surface area (Å²) < 4.78 is 0. The number of hydrogen-bond acceptors (Lipinski definition) is 3. The molecule has 18 heavy (non-hydrogen) atoms. The van der Waals surface area contributed by atoms with Crippen LogP contribution in [0.3, 0.4) is 0 Å². The maximum atomic E-state index is 10.9. The van der Waals surface area contributed by atoms with Crippen molar-refractivity contribution in [2.75, 3.05) is 0 Å². The molecule has 0 aliphatic rings. The number of carbonyl (C=O) groups is 1. The molecule has 1 N–H and O–H groups in total. The third kappa shape index (κ3) is 2.92. The van der Waals surface area contributed by atoms with Gasteiger partial charge in [-0.3, -0.25) is 4.98 Å². The van der Waals surface area contributed by atoms with Gasteiger partial charge >= 0.3 is 5.97 Å². The van der Waals surface area contributed by atoms with Crippen molar-refractivity contribution in [2.24, 2.45) is 0 Å². The van der Waals surface area contributed by atoms with Gasteiger partial charge in [-0.2, -0.15) is 0 Å². The van der Waals surface area contributed by atoms with Crippen molar-refractivity contribution in [1.82, 2.24) is 9.97 Å². The van der Waals surface area contributed by atoms with Crippen molar-refractivity contribution in [3.63, 3.8) is 0 Å². The van der Waals surface area contributed by atoms with Gasteiger partial charge in [0.2, 0.25) is 0 Å².